The van der Waals surface area contributed by atoms with E-state index in [1.165, 1.54) is 6.07 Å². The molecule has 8 nitrogen and oxygen atoms in total. The van der Waals surface area contributed by atoms with Gasteiger partial charge in [-0.15, -0.1) is 0 Å². The number of hydrogen-bond donors (Lipinski definition) is 2. The van der Waals surface area contributed by atoms with Crippen LogP contribution in [0, 0.1) is 0 Å². The van der Waals surface area contributed by atoms with Crippen LogP contribution in [0.25, 0.3) is 22.3 Å². The van der Waals surface area contributed by atoms with Crippen LogP contribution in [0.1, 0.15) is 41.4 Å². The fourth-order valence-electron chi connectivity index (χ4n) is 5.55. The maximum absolute atomic E-state index is 13.7. The van der Waals surface area contributed by atoms with E-state index in [-0.39, 0.29) is 33.6 Å². The lowest BCUT2D eigenvalue weighted by Crippen LogP contribution is -2.32. The van der Waals surface area contributed by atoms with Crippen LogP contribution >= 0.6 is 47.8 Å². The zero-order valence-electron chi connectivity index (χ0n) is 23.0. The number of anilines is 4. The molecule has 4 N–H and O–H groups in total. The van der Waals surface area contributed by atoms with Gasteiger partial charge in [-0.3, -0.25) is 19.2 Å². The molecule has 0 spiro atoms. The van der Waals surface area contributed by atoms with Gasteiger partial charge < -0.3 is 11.5 Å². The molecule has 0 bridgehead atoms. The zero-order chi connectivity index (χ0) is 31.7. The molecule has 0 aromatic heterocycles. The number of imide groups is 2. The molecule has 0 unspecified atom stereocenters. The fraction of sp³-hybridized carbons (Fsp3) is 0. The molecular formula is C34H19Br3N4O4. The molecule has 0 fully saturated rings. The van der Waals surface area contributed by atoms with E-state index in [9.17, 15) is 19.2 Å². The van der Waals surface area contributed by atoms with Crippen molar-refractivity contribution in [1.82, 2.24) is 0 Å². The minimum absolute atomic E-state index is 0.230. The van der Waals surface area contributed by atoms with Gasteiger partial charge in [0, 0.05) is 15.8 Å². The normalized spacial score (nSPS) is 13.9. The number of carbonyl (C=O) groups is 4. The number of nitrogen functional groups attached to an aromatic ring is 2. The van der Waals surface area contributed by atoms with Gasteiger partial charge in [0.25, 0.3) is 23.6 Å². The SMILES string of the molecule is Nc1ccc(-c2ccc3c(c2)C(=O)N(c2cc(Br)c(N4C(=O)c5ccc(-c6ccc(N)cc6)cc5C4=O)c(Br)c2Br)C3=O)cc1. The maximum Gasteiger partial charge on any atom is 0.266 e. The van der Waals surface area contributed by atoms with E-state index < -0.39 is 23.6 Å². The lowest BCUT2D eigenvalue weighted by atomic mass is 10.00. The molecule has 2 aliphatic heterocycles. The van der Waals surface area contributed by atoms with Crippen molar-refractivity contribution >= 4 is 94.2 Å². The van der Waals surface area contributed by atoms with E-state index >= 15 is 0 Å². The second kappa shape index (κ2) is 10.8. The van der Waals surface area contributed by atoms with Crippen molar-refractivity contribution in [3.8, 4) is 22.3 Å². The summed E-state index contributed by atoms with van der Waals surface area (Å²) in [5, 5.41) is 0. The van der Waals surface area contributed by atoms with Gasteiger partial charge in [-0.25, -0.2) is 9.80 Å². The second-order valence-electron chi connectivity index (χ2n) is 10.5. The van der Waals surface area contributed by atoms with Crippen LogP contribution in [0.5, 0.6) is 0 Å². The maximum atomic E-state index is 13.7. The molecule has 0 saturated carbocycles. The topological polar surface area (TPSA) is 127 Å². The lowest BCUT2D eigenvalue weighted by Gasteiger charge is -2.23. The summed E-state index contributed by atoms with van der Waals surface area (Å²) >= 11 is 10.5. The zero-order valence-corrected chi connectivity index (χ0v) is 27.7. The smallest absolute Gasteiger partial charge is 0.266 e. The van der Waals surface area contributed by atoms with E-state index in [1.54, 1.807) is 60.7 Å². The Labute approximate surface area is 282 Å². The van der Waals surface area contributed by atoms with Crippen molar-refractivity contribution in [3.05, 3.63) is 127 Å². The summed E-state index contributed by atoms with van der Waals surface area (Å²) in [4.78, 5) is 56.7. The molecule has 2 aliphatic rings. The Morgan fingerprint density at radius 1 is 0.444 bits per heavy atom. The molecule has 5 aromatic carbocycles. The molecule has 2 heterocycles. The first-order valence-electron chi connectivity index (χ1n) is 13.5. The van der Waals surface area contributed by atoms with Gasteiger partial charge in [0.2, 0.25) is 0 Å². The molecular weight excluding hydrogens is 768 g/mol. The number of halogens is 3. The van der Waals surface area contributed by atoms with Crippen molar-refractivity contribution in [3.63, 3.8) is 0 Å². The third-order valence-corrected chi connectivity index (χ3v) is 10.6. The van der Waals surface area contributed by atoms with Crippen LogP contribution in [0.4, 0.5) is 22.7 Å². The fourth-order valence-corrected chi connectivity index (χ4v) is 7.49. The molecule has 11 heteroatoms. The van der Waals surface area contributed by atoms with Crippen molar-refractivity contribution in [1.29, 1.82) is 0 Å². The Morgan fingerprint density at radius 2 is 0.844 bits per heavy atom. The molecule has 4 amide bonds. The van der Waals surface area contributed by atoms with Gasteiger partial charge in [0.1, 0.15) is 0 Å². The monoisotopic (exact) mass is 784 g/mol. The van der Waals surface area contributed by atoms with Gasteiger partial charge in [0.05, 0.1) is 42.6 Å². The highest BCUT2D eigenvalue weighted by atomic mass is 79.9. The van der Waals surface area contributed by atoms with Crippen molar-refractivity contribution in [2.24, 2.45) is 0 Å². The van der Waals surface area contributed by atoms with Crippen LogP contribution < -0.4 is 21.3 Å². The molecule has 5 aromatic rings. The molecule has 0 saturated heterocycles. The average Bonchev–Trinajstić information content (AvgIpc) is 3.43. The van der Waals surface area contributed by atoms with E-state index in [1.807, 2.05) is 24.3 Å². The summed E-state index contributed by atoms with van der Waals surface area (Å²) in [7, 11) is 0. The van der Waals surface area contributed by atoms with Gasteiger partial charge >= 0.3 is 0 Å². The Balaban J connectivity index is 1.24. The highest BCUT2D eigenvalue weighted by molar-refractivity contribution is 9.13. The standard InChI is InChI=1S/C34H19Br3N4O4/c35-26-15-27(40-31(42)22-11-5-18(13-24(22)33(40)44)16-1-7-20(38)8-2-16)28(36)29(37)30(26)41-32(43)23-12-6-19(14-25(23)34(41)45)17-3-9-21(39)10-4-17/h1-15H,38-39H2. The number of rotatable bonds is 4. The summed E-state index contributed by atoms with van der Waals surface area (Å²) < 4.78 is 0.937. The van der Waals surface area contributed by atoms with Crippen LogP contribution in [-0.2, 0) is 0 Å². The molecule has 45 heavy (non-hydrogen) atoms. The van der Waals surface area contributed by atoms with Crippen LogP contribution in [0.3, 0.4) is 0 Å². The molecule has 0 atom stereocenters. The van der Waals surface area contributed by atoms with Crippen molar-refractivity contribution in [2.45, 2.75) is 0 Å². The highest BCUT2D eigenvalue weighted by Crippen LogP contribution is 2.48. The first-order chi connectivity index (χ1) is 21.5. The summed E-state index contributed by atoms with van der Waals surface area (Å²) in [6, 6.07) is 26.2. The van der Waals surface area contributed by atoms with Gasteiger partial charge in [0.15, 0.2) is 0 Å². The third kappa shape index (κ3) is 4.61. The lowest BCUT2D eigenvalue weighted by molar-refractivity contribution is 0.0909. The van der Waals surface area contributed by atoms with Gasteiger partial charge in [-0.2, -0.15) is 0 Å². The van der Waals surface area contributed by atoms with E-state index in [4.69, 9.17) is 11.5 Å². The Morgan fingerprint density at radius 3 is 1.33 bits per heavy atom. The quantitative estimate of drug-likeness (QED) is 0.108. The number of nitrogens with two attached hydrogens (primary N) is 2. The molecule has 0 aliphatic carbocycles. The molecule has 7 rings (SSSR count). The highest BCUT2D eigenvalue weighted by Gasteiger charge is 2.42. The number of fused-ring (bicyclic) bond motifs is 2. The average molecular weight is 787 g/mol. The second-order valence-corrected chi connectivity index (χ2v) is 13.0. The van der Waals surface area contributed by atoms with Crippen molar-refractivity contribution < 1.29 is 19.2 Å². The van der Waals surface area contributed by atoms with Crippen molar-refractivity contribution in [2.75, 3.05) is 21.3 Å². The van der Waals surface area contributed by atoms with E-state index in [0.29, 0.717) is 24.8 Å². The van der Waals surface area contributed by atoms with Crippen LogP contribution in [0.15, 0.2) is 104 Å². The number of amides is 4. The predicted molar refractivity (Wildman–Crippen MR) is 184 cm³/mol. The Bertz CT molecular complexity index is 2150. The first-order valence-corrected chi connectivity index (χ1v) is 15.9. The summed E-state index contributed by atoms with van der Waals surface area (Å²) in [5.41, 5.74) is 17.6. The molecule has 0 radical (unpaired) electrons. The van der Waals surface area contributed by atoms with Crippen LogP contribution in [-0.4, -0.2) is 23.6 Å². The number of nitrogens with zero attached hydrogens (tertiary/aromatic N) is 2. The predicted octanol–water partition coefficient (Wildman–Crippen LogP) is 8.07. The van der Waals surface area contributed by atoms with E-state index in [0.717, 1.165) is 32.1 Å². The largest absolute Gasteiger partial charge is 0.399 e. The molecule has 220 valence electrons. The summed E-state index contributed by atoms with van der Waals surface area (Å²) in [6.45, 7) is 0. The number of carbonyl (C=O) groups excluding carboxylic acids is 4. The third-order valence-electron chi connectivity index (χ3n) is 7.84. The number of benzene rings is 5. The van der Waals surface area contributed by atoms with E-state index in [2.05, 4.69) is 47.8 Å². The summed E-state index contributed by atoms with van der Waals surface area (Å²) in [5.74, 6) is -2.02. The van der Waals surface area contributed by atoms with Gasteiger partial charge in [-0.05, 0) is 125 Å². The summed E-state index contributed by atoms with van der Waals surface area (Å²) in [6.07, 6.45) is 0. The van der Waals surface area contributed by atoms with Gasteiger partial charge in [-0.1, -0.05) is 36.4 Å². The van der Waals surface area contributed by atoms with Crippen LogP contribution in [0.2, 0.25) is 0 Å². The minimum Gasteiger partial charge on any atom is -0.399 e. The number of hydrogen-bond acceptors (Lipinski definition) is 6. The Hall–Kier alpha value is -4.58. The minimum atomic E-state index is -0.510. The first kappa shape index (κ1) is 29.1. The Kier molecular flexibility index (Phi) is 6.99.